The molecule has 10 fully saturated rings. The van der Waals surface area contributed by atoms with Crippen molar-refractivity contribution in [1.82, 2.24) is 0 Å². The Morgan fingerprint density at radius 2 is 1.00 bits per heavy atom. The van der Waals surface area contributed by atoms with E-state index >= 15 is 0 Å². The van der Waals surface area contributed by atoms with Gasteiger partial charge in [0.2, 0.25) is 0 Å². The minimum absolute atomic E-state index is 0.149. The normalized spacial score (nSPS) is 52.0. The van der Waals surface area contributed by atoms with Gasteiger partial charge in [-0.25, -0.2) is 0 Å². The summed E-state index contributed by atoms with van der Waals surface area (Å²) in [6.07, 6.45) is 17.4. The van der Waals surface area contributed by atoms with Gasteiger partial charge in [-0.05, 0) is 165 Å². The lowest BCUT2D eigenvalue weighted by Crippen LogP contribution is -2.39. The van der Waals surface area contributed by atoms with Gasteiger partial charge in [-0.15, -0.1) is 0 Å². The van der Waals surface area contributed by atoms with Gasteiger partial charge in [-0.2, -0.15) is 35.3 Å². The first-order chi connectivity index (χ1) is 24.4. The molecular weight excluding hydrogens is 701 g/mol. The summed E-state index contributed by atoms with van der Waals surface area (Å²) in [6, 6.07) is 0. The van der Waals surface area contributed by atoms with Crippen LogP contribution in [-0.2, 0) is 23.9 Å². The summed E-state index contributed by atoms with van der Waals surface area (Å²) in [5, 5.41) is 3.25. The van der Waals surface area contributed by atoms with Gasteiger partial charge in [-0.3, -0.25) is 14.4 Å². The van der Waals surface area contributed by atoms with E-state index in [-0.39, 0.29) is 25.2 Å². The second kappa shape index (κ2) is 13.6. The van der Waals surface area contributed by atoms with Crippen LogP contribution in [0.3, 0.4) is 0 Å². The summed E-state index contributed by atoms with van der Waals surface area (Å²) >= 11 is 7.83. The maximum absolute atomic E-state index is 12.5. The molecule has 0 aromatic carbocycles. The predicted octanol–water partition coefficient (Wildman–Crippen LogP) is 8.33. The number of carbonyl (C=O) groups is 3. The van der Waals surface area contributed by atoms with Gasteiger partial charge in [0, 0.05) is 39.4 Å². The maximum Gasteiger partial charge on any atom is 0.306 e. The Kier molecular flexibility index (Phi) is 9.41. The van der Waals surface area contributed by atoms with Crippen molar-refractivity contribution in [2.24, 2.45) is 94.7 Å². The van der Waals surface area contributed by atoms with Gasteiger partial charge >= 0.3 is 11.9 Å². The molecule has 10 aliphatic carbocycles. The van der Waals surface area contributed by atoms with Gasteiger partial charge in [-0.1, -0.05) is 11.8 Å². The summed E-state index contributed by atoms with van der Waals surface area (Å²) in [4.78, 5) is 36.8. The summed E-state index contributed by atoms with van der Waals surface area (Å²) in [6.45, 7) is 2.08. The van der Waals surface area contributed by atoms with Crippen LogP contribution in [0.2, 0.25) is 0 Å². The van der Waals surface area contributed by atoms with Crippen molar-refractivity contribution in [3.8, 4) is 0 Å². The van der Waals surface area contributed by atoms with Crippen molar-refractivity contribution >= 4 is 64.1 Å². The van der Waals surface area contributed by atoms with Crippen LogP contribution < -0.4 is 0 Å². The van der Waals surface area contributed by atoms with Crippen LogP contribution >= 0.6 is 47.0 Å². The van der Waals surface area contributed by atoms with Crippen molar-refractivity contribution in [2.75, 3.05) is 31.0 Å². The molecule has 0 heterocycles. The average molecular weight is 759 g/mol. The van der Waals surface area contributed by atoms with Gasteiger partial charge in [0.1, 0.15) is 13.2 Å². The van der Waals surface area contributed by atoms with Crippen LogP contribution in [0.1, 0.15) is 84.0 Å². The molecule has 0 spiro atoms. The Hall–Kier alpha value is 0.01000. The Balaban J connectivity index is 0.596. The van der Waals surface area contributed by atoms with Crippen molar-refractivity contribution in [3.05, 3.63) is 0 Å². The molecule has 20 unspecified atom stereocenters. The first-order valence-corrected chi connectivity index (χ1v) is 24.9. The number of carbonyl (C=O) groups excluding carboxylic acids is 3. The van der Waals surface area contributed by atoms with Gasteiger partial charge in [0.05, 0.1) is 12.8 Å². The molecule has 0 radical (unpaired) electrons. The van der Waals surface area contributed by atoms with E-state index in [4.69, 9.17) is 9.47 Å². The highest BCUT2D eigenvalue weighted by atomic mass is 32.2. The summed E-state index contributed by atoms with van der Waals surface area (Å²) in [7, 11) is 0. The van der Waals surface area contributed by atoms with E-state index in [0.29, 0.717) is 28.5 Å². The lowest BCUT2D eigenvalue weighted by Gasteiger charge is -2.43. The molecule has 9 heteroatoms. The first kappa shape index (κ1) is 34.5. The number of hydrogen-bond donors (Lipinski definition) is 0. The molecule has 276 valence electrons. The molecule has 20 atom stereocenters. The monoisotopic (exact) mass is 758 g/mol. The topological polar surface area (TPSA) is 69.7 Å². The number of ether oxygens (including phenoxy) is 2. The van der Waals surface area contributed by atoms with Crippen molar-refractivity contribution < 1.29 is 23.9 Å². The van der Waals surface area contributed by atoms with E-state index in [0.717, 1.165) is 117 Å². The molecule has 10 saturated carbocycles. The lowest BCUT2D eigenvalue weighted by atomic mass is 9.64. The molecule has 10 aliphatic rings. The summed E-state index contributed by atoms with van der Waals surface area (Å²) < 4.78 is 10.9. The fourth-order valence-corrected chi connectivity index (χ4v) is 21.4. The number of hydrogen-bond acceptors (Lipinski definition) is 9. The number of rotatable bonds is 13. The molecule has 0 saturated heterocycles. The molecule has 50 heavy (non-hydrogen) atoms. The SMILES string of the molecule is CSC1CC2CC1C1C3CC(C4CC(SCCC(=O)OCCOC(=O)CCSC5CC6CC5C5C7CC(C8CC(SC(C)=O)CC87)C65)CC43)C21. The second-order valence-electron chi connectivity index (χ2n) is 18.7. The average Bonchev–Trinajstić information content (AvgIpc) is 3.91. The fourth-order valence-electron chi connectivity index (χ4n) is 16.4. The molecule has 0 aliphatic heterocycles. The molecule has 0 aromatic rings. The molecular formula is C41H58O5S4. The smallest absolute Gasteiger partial charge is 0.306 e. The van der Waals surface area contributed by atoms with Crippen LogP contribution in [0.4, 0.5) is 0 Å². The molecule has 0 N–H and O–H groups in total. The molecule has 8 bridgehead atoms. The van der Waals surface area contributed by atoms with E-state index in [2.05, 4.69) is 18.0 Å². The zero-order chi connectivity index (χ0) is 33.8. The highest BCUT2D eigenvalue weighted by Crippen LogP contribution is 2.75. The van der Waals surface area contributed by atoms with E-state index in [9.17, 15) is 14.4 Å². The van der Waals surface area contributed by atoms with E-state index in [1.807, 2.05) is 23.5 Å². The van der Waals surface area contributed by atoms with Gasteiger partial charge in [0.15, 0.2) is 5.12 Å². The molecule has 0 aromatic heterocycles. The van der Waals surface area contributed by atoms with Crippen LogP contribution in [0, 0.1) is 94.7 Å². The number of esters is 2. The zero-order valence-electron chi connectivity index (χ0n) is 30.0. The Morgan fingerprint density at radius 1 is 0.520 bits per heavy atom. The minimum Gasteiger partial charge on any atom is -0.462 e. The number of thioether (sulfide) groups is 4. The largest absolute Gasteiger partial charge is 0.462 e. The van der Waals surface area contributed by atoms with E-state index in [1.165, 1.54) is 51.4 Å². The van der Waals surface area contributed by atoms with Crippen molar-refractivity contribution in [1.29, 1.82) is 0 Å². The van der Waals surface area contributed by atoms with Crippen LogP contribution in [0.25, 0.3) is 0 Å². The minimum atomic E-state index is -0.158. The molecule has 10 rings (SSSR count). The van der Waals surface area contributed by atoms with Gasteiger partial charge < -0.3 is 9.47 Å². The standard InChI is InChI=1S/C41H58O5S4/c1-19(42)50-23-15-26-27(16-23)31-18-29(26)39-21-10-33(41(31)39)35(12-21)49-8-4-37(44)46-6-5-45-36(43)3-7-48-22-13-24-25(14-22)30-17-28(24)38-20-9-32(40(30)38)34(11-20)47-2/h20-35,38-41H,3-18H2,1-2H3. The highest BCUT2D eigenvalue weighted by molar-refractivity contribution is 8.14. The summed E-state index contributed by atoms with van der Waals surface area (Å²) in [5.41, 5.74) is 0. The van der Waals surface area contributed by atoms with Crippen LogP contribution in [-0.4, -0.2) is 69.0 Å². The quantitative estimate of drug-likeness (QED) is 0.105. The maximum atomic E-state index is 12.5. The van der Waals surface area contributed by atoms with Crippen molar-refractivity contribution in [3.63, 3.8) is 0 Å². The Morgan fingerprint density at radius 3 is 1.54 bits per heavy atom. The van der Waals surface area contributed by atoms with Gasteiger partial charge in [0.25, 0.3) is 0 Å². The third-order valence-corrected chi connectivity index (χ3v) is 22.1. The second-order valence-corrected chi connectivity index (χ2v) is 24.0. The Bertz CT molecular complexity index is 1360. The van der Waals surface area contributed by atoms with E-state index < -0.39 is 0 Å². The third kappa shape index (κ3) is 5.65. The first-order valence-electron chi connectivity index (χ1n) is 20.6. The molecule has 5 nitrogen and oxygen atoms in total. The van der Waals surface area contributed by atoms with Crippen LogP contribution in [0.15, 0.2) is 0 Å². The predicted molar refractivity (Wildman–Crippen MR) is 205 cm³/mol. The molecule has 0 amide bonds. The lowest BCUT2D eigenvalue weighted by molar-refractivity contribution is -0.151. The summed E-state index contributed by atoms with van der Waals surface area (Å²) in [5.74, 6) is 16.7. The Labute approximate surface area is 316 Å². The third-order valence-electron chi connectivity index (χ3n) is 17.2. The number of fused-ring (bicyclic) bond motifs is 24. The van der Waals surface area contributed by atoms with E-state index in [1.54, 1.807) is 31.5 Å². The zero-order valence-corrected chi connectivity index (χ0v) is 33.3. The van der Waals surface area contributed by atoms with Crippen molar-refractivity contribution in [2.45, 2.75) is 105 Å². The van der Waals surface area contributed by atoms with Crippen LogP contribution in [0.5, 0.6) is 0 Å². The fraction of sp³-hybridized carbons (Fsp3) is 0.927. The highest BCUT2D eigenvalue weighted by Gasteiger charge is 2.70.